The first-order valence-electron chi connectivity index (χ1n) is 5.53. The minimum atomic E-state index is 0.0184. The van der Waals surface area contributed by atoms with Gasteiger partial charge >= 0.3 is 0 Å². The molecule has 0 aliphatic carbocycles. The van der Waals surface area contributed by atoms with Crippen LogP contribution in [0.2, 0.25) is 5.02 Å². The minimum Gasteiger partial charge on any atom is -0.489 e. The maximum absolute atomic E-state index is 11.7. The molecule has 0 spiro atoms. The van der Waals surface area contributed by atoms with Crippen molar-refractivity contribution in [1.82, 2.24) is 0 Å². The van der Waals surface area contributed by atoms with Crippen LogP contribution in [0.25, 0.3) is 0 Å². The smallest absolute Gasteiger partial charge is 0.165 e. The van der Waals surface area contributed by atoms with Crippen molar-refractivity contribution in [3.05, 3.63) is 28.8 Å². The molecular formula is C13H17ClO3. The second kappa shape index (κ2) is 6.62. The minimum absolute atomic E-state index is 0.0184. The average molecular weight is 257 g/mol. The van der Waals surface area contributed by atoms with E-state index in [1.807, 2.05) is 13.8 Å². The molecule has 0 bridgehead atoms. The molecule has 0 amide bonds. The molecule has 0 aromatic heterocycles. The molecule has 0 heterocycles. The van der Waals surface area contributed by atoms with Crippen LogP contribution in [0, 0.1) is 0 Å². The average Bonchev–Trinajstić information content (AvgIpc) is 2.28. The van der Waals surface area contributed by atoms with Crippen LogP contribution in [-0.4, -0.2) is 25.6 Å². The number of halogens is 1. The normalized spacial score (nSPS) is 10.6. The summed E-state index contributed by atoms with van der Waals surface area (Å²) in [6, 6.07) is 5.08. The standard InChI is InChI=1S/C13H17ClO3/c1-9(2)17-13-5-4-10(8-11(13)14)12(15)6-7-16-3/h4-5,8-9H,6-7H2,1-3H3. The number of hydrogen-bond acceptors (Lipinski definition) is 3. The number of methoxy groups -OCH3 is 1. The number of rotatable bonds is 6. The third kappa shape index (κ3) is 4.36. The third-order valence-electron chi connectivity index (χ3n) is 2.15. The van der Waals surface area contributed by atoms with Gasteiger partial charge in [-0.25, -0.2) is 0 Å². The van der Waals surface area contributed by atoms with Crippen molar-refractivity contribution in [2.45, 2.75) is 26.4 Å². The molecule has 1 aromatic rings. The zero-order valence-electron chi connectivity index (χ0n) is 10.3. The second-order valence-electron chi connectivity index (χ2n) is 3.98. The molecule has 3 nitrogen and oxygen atoms in total. The van der Waals surface area contributed by atoms with Crippen LogP contribution in [-0.2, 0) is 4.74 Å². The fourth-order valence-electron chi connectivity index (χ4n) is 1.36. The number of carbonyl (C=O) groups is 1. The highest BCUT2D eigenvalue weighted by atomic mass is 35.5. The molecule has 0 aliphatic rings. The van der Waals surface area contributed by atoms with Gasteiger partial charge in [-0.05, 0) is 32.0 Å². The van der Waals surface area contributed by atoms with Gasteiger partial charge in [0.25, 0.3) is 0 Å². The van der Waals surface area contributed by atoms with E-state index in [9.17, 15) is 4.79 Å². The topological polar surface area (TPSA) is 35.5 Å². The SMILES string of the molecule is COCCC(=O)c1ccc(OC(C)C)c(Cl)c1. The summed E-state index contributed by atoms with van der Waals surface area (Å²) in [4.78, 5) is 11.7. The molecule has 0 saturated heterocycles. The number of ketones is 1. The van der Waals surface area contributed by atoms with Gasteiger partial charge in [-0.1, -0.05) is 11.6 Å². The van der Waals surface area contributed by atoms with Crippen molar-refractivity contribution in [2.24, 2.45) is 0 Å². The molecule has 1 rings (SSSR count). The summed E-state index contributed by atoms with van der Waals surface area (Å²) in [6.07, 6.45) is 0.416. The van der Waals surface area contributed by atoms with Crippen molar-refractivity contribution in [2.75, 3.05) is 13.7 Å². The first-order chi connectivity index (χ1) is 8.04. The molecular weight excluding hydrogens is 240 g/mol. The van der Waals surface area contributed by atoms with E-state index in [-0.39, 0.29) is 11.9 Å². The highest BCUT2D eigenvalue weighted by Crippen LogP contribution is 2.26. The molecule has 17 heavy (non-hydrogen) atoms. The number of benzene rings is 1. The predicted molar refractivity (Wildman–Crippen MR) is 68.0 cm³/mol. The number of Topliss-reactive ketones (excluding diaryl/α,β-unsaturated/α-hetero) is 1. The van der Waals surface area contributed by atoms with Gasteiger partial charge in [0.2, 0.25) is 0 Å². The van der Waals surface area contributed by atoms with E-state index in [1.165, 1.54) is 0 Å². The predicted octanol–water partition coefficient (Wildman–Crippen LogP) is 3.35. The Labute approximate surface area is 107 Å². The van der Waals surface area contributed by atoms with Gasteiger partial charge in [-0.3, -0.25) is 4.79 Å². The summed E-state index contributed by atoms with van der Waals surface area (Å²) in [5, 5.41) is 0.460. The van der Waals surface area contributed by atoms with Crippen molar-refractivity contribution in [3.8, 4) is 5.75 Å². The summed E-state index contributed by atoms with van der Waals surface area (Å²) < 4.78 is 10.4. The molecule has 0 aliphatic heterocycles. The van der Waals surface area contributed by atoms with Crippen LogP contribution in [0.3, 0.4) is 0 Å². The molecule has 0 atom stereocenters. The summed E-state index contributed by atoms with van der Waals surface area (Å²) in [5.41, 5.74) is 0.586. The van der Waals surface area contributed by atoms with E-state index in [0.717, 1.165) is 0 Å². The highest BCUT2D eigenvalue weighted by molar-refractivity contribution is 6.32. The number of carbonyl (C=O) groups excluding carboxylic acids is 1. The zero-order valence-corrected chi connectivity index (χ0v) is 11.1. The number of hydrogen-bond donors (Lipinski definition) is 0. The molecule has 4 heteroatoms. The van der Waals surface area contributed by atoms with E-state index in [0.29, 0.717) is 29.4 Å². The van der Waals surface area contributed by atoms with Gasteiger partial charge < -0.3 is 9.47 Å². The molecule has 1 aromatic carbocycles. The monoisotopic (exact) mass is 256 g/mol. The molecule has 0 fully saturated rings. The van der Waals surface area contributed by atoms with Gasteiger partial charge in [-0.2, -0.15) is 0 Å². The highest BCUT2D eigenvalue weighted by Gasteiger charge is 2.10. The fraction of sp³-hybridized carbons (Fsp3) is 0.462. The fourth-order valence-corrected chi connectivity index (χ4v) is 1.59. The van der Waals surface area contributed by atoms with E-state index in [2.05, 4.69) is 0 Å². The van der Waals surface area contributed by atoms with Crippen LogP contribution in [0.1, 0.15) is 30.6 Å². The Bertz CT molecular complexity index is 388. The molecule has 0 unspecified atom stereocenters. The Balaban J connectivity index is 2.77. The second-order valence-corrected chi connectivity index (χ2v) is 4.38. The van der Waals surface area contributed by atoms with Crippen molar-refractivity contribution in [1.29, 1.82) is 0 Å². The van der Waals surface area contributed by atoms with E-state index < -0.39 is 0 Å². The Morgan fingerprint density at radius 2 is 2.12 bits per heavy atom. The van der Waals surface area contributed by atoms with Gasteiger partial charge in [0.15, 0.2) is 5.78 Å². The lowest BCUT2D eigenvalue weighted by Gasteiger charge is -2.11. The van der Waals surface area contributed by atoms with E-state index in [4.69, 9.17) is 21.1 Å². The van der Waals surface area contributed by atoms with E-state index >= 15 is 0 Å². The van der Waals surface area contributed by atoms with E-state index in [1.54, 1.807) is 25.3 Å². The van der Waals surface area contributed by atoms with Crippen LogP contribution in [0.4, 0.5) is 0 Å². The van der Waals surface area contributed by atoms with Gasteiger partial charge in [0.05, 0.1) is 17.7 Å². The van der Waals surface area contributed by atoms with Crippen LogP contribution in [0.5, 0.6) is 5.75 Å². The van der Waals surface area contributed by atoms with Gasteiger partial charge in [0.1, 0.15) is 5.75 Å². The Kier molecular flexibility index (Phi) is 5.45. The maximum atomic E-state index is 11.7. The van der Waals surface area contributed by atoms with Gasteiger partial charge in [0, 0.05) is 19.1 Å². The third-order valence-corrected chi connectivity index (χ3v) is 2.45. The zero-order chi connectivity index (χ0) is 12.8. The van der Waals surface area contributed by atoms with Gasteiger partial charge in [-0.15, -0.1) is 0 Å². The Hall–Kier alpha value is -1.06. The van der Waals surface area contributed by atoms with Crippen molar-refractivity contribution in [3.63, 3.8) is 0 Å². The molecule has 0 radical (unpaired) electrons. The lowest BCUT2D eigenvalue weighted by Crippen LogP contribution is -2.07. The summed E-state index contributed by atoms with van der Waals surface area (Å²) in [5.74, 6) is 0.620. The Morgan fingerprint density at radius 3 is 2.65 bits per heavy atom. The van der Waals surface area contributed by atoms with Crippen molar-refractivity contribution < 1.29 is 14.3 Å². The summed E-state index contributed by atoms with van der Waals surface area (Å²) in [7, 11) is 1.57. The number of ether oxygens (including phenoxy) is 2. The largest absolute Gasteiger partial charge is 0.489 e. The maximum Gasteiger partial charge on any atom is 0.165 e. The first-order valence-corrected chi connectivity index (χ1v) is 5.90. The first kappa shape index (κ1) is 14.0. The van der Waals surface area contributed by atoms with Crippen LogP contribution >= 0.6 is 11.6 Å². The lowest BCUT2D eigenvalue weighted by atomic mass is 10.1. The van der Waals surface area contributed by atoms with Crippen LogP contribution < -0.4 is 4.74 Å². The van der Waals surface area contributed by atoms with Crippen LogP contribution in [0.15, 0.2) is 18.2 Å². The lowest BCUT2D eigenvalue weighted by molar-refractivity contribution is 0.0932. The quantitative estimate of drug-likeness (QED) is 0.733. The molecule has 94 valence electrons. The Morgan fingerprint density at radius 1 is 1.41 bits per heavy atom. The summed E-state index contributed by atoms with van der Waals surface area (Å²) >= 11 is 6.04. The molecule has 0 saturated carbocycles. The summed E-state index contributed by atoms with van der Waals surface area (Å²) in [6.45, 7) is 4.27. The van der Waals surface area contributed by atoms with Crippen molar-refractivity contribution >= 4 is 17.4 Å². The molecule has 0 N–H and O–H groups in total.